The molecular weight excluding hydrogens is 250 g/mol. The molecule has 0 bridgehead atoms. The molecule has 0 aliphatic heterocycles. The zero-order valence-electron chi connectivity index (χ0n) is 11.4. The Bertz CT molecular complexity index is 737. The third-order valence-corrected chi connectivity index (χ3v) is 2.91. The number of rotatable bonds is 3. The molecular formula is C11H17N5O3. The second-order valence-electron chi connectivity index (χ2n) is 4.62. The van der Waals surface area contributed by atoms with Crippen LogP contribution in [0.5, 0.6) is 0 Å². The van der Waals surface area contributed by atoms with E-state index < -0.39 is 11.2 Å². The van der Waals surface area contributed by atoms with E-state index in [2.05, 4.69) is 4.98 Å². The number of anilines is 1. The Hall–Kier alpha value is -2.09. The summed E-state index contributed by atoms with van der Waals surface area (Å²) in [5, 5.41) is 0. The van der Waals surface area contributed by atoms with E-state index in [9.17, 15) is 9.59 Å². The quantitative estimate of drug-likeness (QED) is 0.800. The van der Waals surface area contributed by atoms with E-state index in [1.54, 1.807) is 7.05 Å². The summed E-state index contributed by atoms with van der Waals surface area (Å²) in [4.78, 5) is 28.0. The van der Waals surface area contributed by atoms with Crippen LogP contribution in [0.1, 0.15) is 13.8 Å². The number of ether oxygens (including phenoxy) is 1. The van der Waals surface area contributed by atoms with E-state index in [4.69, 9.17) is 10.5 Å². The predicted molar refractivity (Wildman–Crippen MR) is 70.8 cm³/mol. The van der Waals surface area contributed by atoms with E-state index >= 15 is 0 Å². The van der Waals surface area contributed by atoms with Gasteiger partial charge in [0.15, 0.2) is 11.2 Å². The number of nitrogen functional groups attached to an aromatic ring is 1. The van der Waals surface area contributed by atoms with Crippen LogP contribution in [0.3, 0.4) is 0 Å². The van der Waals surface area contributed by atoms with Crippen LogP contribution in [0.15, 0.2) is 9.59 Å². The van der Waals surface area contributed by atoms with Crippen molar-refractivity contribution in [2.45, 2.75) is 26.7 Å². The minimum Gasteiger partial charge on any atom is -0.369 e. The Labute approximate surface area is 109 Å². The maximum atomic E-state index is 12.2. The highest BCUT2D eigenvalue weighted by atomic mass is 16.5. The van der Waals surface area contributed by atoms with Crippen molar-refractivity contribution in [1.29, 1.82) is 0 Å². The average molecular weight is 267 g/mol. The first-order valence-electron chi connectivity index (χ1n) is 5.88. The molecule has 2 rings (SSSR count). The molecule has 0 spiro atoms. The van der Waals surface area contributed by atoms with Gasteiger partial charge in [0, 0.05) is 14.1 Å². The van der Waals surface area contributed by atoms with Gasteiger partial charge in [0.1, 0.15) is 6.73 Å². The highest BCUT2D eigenvalue weighted by Crippen LogP contribution is 2.12. The Morgan fingerprint density at radius 2 is 1.89 bits per heavy atom. The zero-order valence-corrected chi connectivity index (χ0v) is 11.4. The first-order valence-corrected chi connectivity index (χ1v) is 5.88. The number of nitrogens with two attached hydrogens (primary N) is 1. The molecule has 2 aromatic heterocycles. The van der Waals surface area contributed by atoms with E-state index in [-0.39, 0.29) is 29.9 Å². The number of hydrogen-bond acceptors (Lipinski definition) is 5. The normalized spacial score (nSPS) is 11.6. The standard InChI is InChI=1S/C11H17N5O3/c1-6(2)19-5-16-7-8(13-10(16)12)14(3)11(18)15(4)9(7)17/h6H,5H2,1-4H3,(H2,12,13). The smallest absolute Gasteiger partial charge is 0.332 e. The average Bonchev–Trinajstić information content (AvgIpc) is 2.68. The summed E-state index contributed by atoms with van der Waals surface area (Å²) in [5.74, 6) is 0.147. The molecule has 104 valence electrons. The second kappa shape index (κ2) is 4.54. The summed E-state index contributed by atoms with van der Waals surface area (Å²) in [6.45, 7) is 3.87. The van der Waals surface area contributed by atoms with Crippen LogP contribution in [-0.2, 0) is 25.6 Å². The molecule has 8 nitrogen and oxygen atoms in total. The maximum Gasteiger partial charge on any atom is 0.332 e. The van der Waals surface area contributed by atoms with Gasteiger partial charge >= 0.3 is 5.69 Å². The number of aryl methyl sites for hydroxylation is 1. The number of nitrogens with zero attached hydrogens (tertiary/aromatic N) is 4. The van der Waals surface area contributed by atoms with E-state index in [1.165, 1.54) is 16.2 Å². The zero-order chi connectivity index (χ0) is 14.3. The van der Waals surface area contributed by atoms with E-state index in [1.807, 2.05) is 13.8 Å². The predicted octanol–water partition coefficient (Wildman–Crippen LogP) is -0.602. The van der Waals surface area contributed by atoms with Crippen LogP contribution in [0.25, 0.3) is 11.2 Å². The topological polar surface area (TPSA) is 97.1 Å². The Balaban J connectivity index is 2.76. The first-order chi connectivity index (χ1) is 8.84. The minimum atomic E-state index is -0.438. The molecule has 0 saturated heterocycles. The summed E-state index contributed by atoms with van der Waals surface area (Å²) in [6.07, 6.45) is -0.00627. The highest BCUT2D eigenvalue weighted by molar-refractivity contribution is 5.73. The van der Waals surface area contributed by atoms with Crippen molar-refractivity contribution in [3.05, 3.63) is 20.8 Å². The van der Waals surface area contributed by atoms with E-state index in [0.717, 1.165) is 4.57 Å². The fourth-order valence-corrected chi connectivity index (χ4v) is 1.82. The lowest BCUT2D eigenvalue weighted by Gasteiger charge is -2.10. The highest BCUT2D eigenvalue weighted by Gasteiger charge is 2.17. The van der Waals surface area contributed by atoms with Gasteiger partial charge < -0.3 is 10.5 Å². The molecule has 2 heterocycles. The molecule has 0 amide bonds. The SMILES string of the molecule is CC(C)OCn1c(N)nc2c1c(=O)n(C)c(=O)n2C. The second-order valence-corrected chi connectivity index (χ2v) is 4.62. The molecule has 2 aromatic rings. The Morgan fingerprint density at radius 1 is 1.26 bits per heavy atom. The van der Waals surface area contributed by atoms with Gasteiger partial charge in [0.25, 0.3) is 5.56 Å². The van der Waals surface area contributed by atoms with Crippen LogP contribution >= 0.6 is 0 Å². The molecule has 0 aliphatic carbocycles. The Morgan fingerprint density at radius 3 is 2.47 bits per heavy atom. The molecule has 0 saturated carbocycles. The molecule has 2 N–H and O–H groups in total. The molecule has 0 unspecified atom stereocenters. The van der Waals surface area contributed by atoms with Gasteiger partial charge in [-0.25, -0.2) is 4.79 Å². The monoisotopic (exact) mass is 267 g/mol. The van der Waals surface area contributed by atoms with Crippen molar-refractivity contribution in [2.24, 2.45) is 14.1 Å². The first kappa shape index (κ1) is 13.3. The third-order valence-electron chi connectivity index (χ3n) is 2.91. The van der Waals surface area contributed by atoms with Crippen LogP contribution in [0, 0.1) is 0 Å². The number of hydrogen-bond donors (Lipinski definition) is 1. The van der Waals surface area contributed by atoms with E-state index in [0.29, 0.717) is 0 Å². The van der Waals surface area contributed by atoms with Gasteiger partial charge in [-0.1, -0.05) is 0 Å². The molecule has 8 heteroatoms. The fourth-order valence-electron chi connectivity index (χ4n) is 1.82. The Kier molecular flexibility index (Phi) is 3.19. The third kappa shape index (κ3) is 2.03. The van der Waals surface area contributed by atoms with Crippen molar-refractivity contribution >= 4 is 17.1 Å². The maximum absolute atomic E-state index is 12.2. The summed E-state index contributed by atoms with van der Waals surface area (Å²) in [7, 11) is 2.96. The number of imidazole rings is 1. The lowest BCUT2D eigenvalue weighted by atomic mass is 10.5. The van der Waals surface area contributed by atoms with Crippen molar-refractivity contribution < 1.29 is 4.74 Å². The van der Waals surface area contributed by atoms with Crippen LogP contribution in [0.2, 0.25) is 0 Å². The molecule has 0 radical (unpaired) electrons. The van der Waals surface area contributed by atoms with Gasteiger partial charge in [0.05, 0.1) is 6.10 Å². The molecule has 19 heavy (non-hydrogen) atoms. The minimum absolute atomic E-state index is 0.00627. The van der Waals surface area contributed by atoms with Gasteiger partial charge in [0.2, 0.25) is 5.95 Å². The summed E-state index contributed by atoms with van der Waals surface area (Å²) in [6, 6.07) is 0. The van der Waals surface area contributed by atoms with Crippen molar-refractivity contribution in [3.8, 4) is 0 Å². The van der Waals surface area contributed by atoms with Gasteiger partial charge in [-0.15, -0.1) is 0 Å². The van der Waals surface area contributed by atoms with Crippen LogP contribution < -0.4 is 17.0 Å². The van der Waals surface area contributed by atoms with Gasteiger partial charge in [-0.2, -0.15) is 4.98 Å². The van der Waals surface area contributed by atoms with Gasteiger partial charge in [-0.05, 0) is 13.8 Å². The fraction of sp³-hybridized carbons (Fsp3) is 0.545. The lowest BCUT2D eigenvalue weighted by Crippen LogP contribution is -2.37. The molecule has 0 aliphatic rings. The van der Waals surface area contributed by atoms with Crippen molar-refractivity contribution in [2.75, 3.05) is 5.73 Å². The molecule has 0 fully saturated rings. The van der Waals surface area contributed by atoms with Gasteiger partial charge in [-0.3, -0.25) is 18.5 Å². The van der Waals surface area contributed by atoms with Crippen LogP contribution in [-0.4, -0.2) is 24.8 Å². The number of fused-ring (bicyclic) bond motifs is 1. The summed E-state index contributed by atoms with van der Waals surface area (Å²) >= 11 is 0. The number of aromatic nitrogens is 4. The van der Waals surface area contributed by atoms with Crippen LogP contribution in [0.4, 0.5) is 5.95 Å². The largest absolute Gasteiger partial charge is 0.369 e. The lowest BCUT2D eigenvalue weighted by molar-refractivity contribution is 0.0318. The van der Waals surface area contributed by atoms with Crippen molar-refractivity contribution in [1.82, 2.24) is 18.7 Å². The summed E-state index contributed by atoms with van der Waals surface area (Å²) in [5.41, 5.74) is 5.44. The van der Waals surface area contributed by atoms with Crippen molar-refractivity contribution in [3.63, 3.8) is 0 Å². The summed E-state index contributed by atoms with van der Waals surface area (Å²) < 4.78 is 9.23. The molecule has 0 atom stereocenters. The molecule has 0 aromatic carbocycles.